The number of carbonyl (C=O) groups is 1. The van der Waals surface area contributed by atoms with Crippen LogP contribution in [0.2, 0.25) is 0 Å². The smallest absolute Gasteiger partial charge is 0.257 e. The second kappa shape index (κ2) is 7.02. The highest BCUT2D eigenvalue weighted by atomic mass is 16.2. The highest BCUT2D eigenvalue weighted by molar-refractivity contribution is 5.95. The van der Waals surface area contributed by atoms with E-state index in [-0.39, 0.29) is 11.9 Å². The zero-order valence-electron chi connectivity index (χ0n) is 16.1. The molecule has 6 heteroatoms. The van der Waals surface area contributed by atoms with E-state index in [0.717, 1.165) is 42.3 Å². The number of aromatic nitrogens is 4. The molecule has 1 unspecified atom stereocenters. The molecule has 1 amide bonds. The van der Waals surface area contributed by atoms with Crippen molar-refractivity contribution in [3.63, 3.8) is 0 Å². The molecule has 0 bridgehead atoms. The van der Waals surface area contributed by atoms with Gasteiger partial charge in [-0.05, 0) is 27.2 Å². The third kappa shape index (κ3) is 3.05. The highest BCUT2D eigenvalue weighted by Gasteiger charge is 2.31. The maximum atomic E-state index is 13.0. The molecule has 6 nitrogen and oxygen atoms in total. The molecule has 3 heterocycles. The molecule has 140 valence electrons. The Bertz CT molecular complexity index is 956. The van der Waals surface area contributed by atoms with E-state index in [0.29, 0.717) is 12.1 Å². The minimum absolute atomic E-state index is 0.0775. The molecule has 0 N–H and O–H groups in total. The summed E-state index contributed by atoms with van der Waals surface area (Å²) in [7, 11) is 0. The van der Waals surface area contributed by atoms with Crippen molar-refractivity contribution in [1.29, 1.82) is 0 Å². The second-order valence-corrected chi connectivity index (χ2v) is 7.11. The normalized spacial score (nSPS) is 16.9. The molecular formula is C21H25N5O. The summed E-state index contributed by atoms with van der Waals surface area (Å²) >= 11 is 0. The van der Waals surface area contributed by atoms with Crippen molar-refractivity contribution in [1.82, 2.24) is 24.2 Å². The number of hydrogen-bond acceptors (Lipinski definition) is 3. The van der Waals surface area contributed by atoms with E-state index in [2.05, 4.69) is 33.7 Å². The third-order valence-corrected chi connectivity index (χ3v) is 5.46. The number of amides is 1. The minimum atomic E-state index is 0.0775. The lowest BCUT2D eigenvalue weighted by atomic mass is 10.2. The molecule has 1 saturated heterocycles. The monoisotopic (exact) mass is 363 g/mol. The van der Waals surface area contributed by atoms with Crippen LogP contribution in [-0.4, -0.2) is 43.2 Å². The first-order valence-corrected chi connectivity index (χ1v) is 9.51. The van der Waals surface area contributed by atoms with E-state index in [1.807, 2.05) is 47.8 Å². The maximum Gasteiger partial charge on any atom is 0.257 e. The predicted molar refractivity (Wildman–Crippen MR) is 105 cm³/mol. The van der Waals surface area contributed by atoms with Gasteiger partial charge < -0.3 is 9.47 Å². The van der Waals surface area contributed by atoms with E-state index >= 15 is 0 Å². The Morgan fingerprint density at radius 1 is 1.19 bits per heavy atom. The van der Waals surface area contributed by atoms with Crippen molar-refractivity contribution in [2.75, 3.05) is 13.1 Å². The molecule has 0 spiro atoms. The zero-order chi connectivity index (χ0) is 19.0. The molecule has 1 aromatic carbocycles. The molecule has 27 heavy (non-hydrogen) atoms. The molecule has 0 saturated carbocycles. The summed E-state index contributed by atoms with van der Waals surface area (Å²) in [5, 5.41) is 4.32. The fourth-order valence-corrected chi connectivity index (χ4v) is 3.99. The van der Waals surface area contributed by atoms with Gasteiger partial charge in [-0.3, -0.25) is 9.48 Å². The van der Waals surface area contributed by atoms with Gasteiger partial charge in [0.15, 0.2) is 0 Å². The Balaban J connectivity index is 1.58. The summed E-state index contributed by atoms with van der Waals surface area (Å²) in [5.74, 6) is 1.05. The summed E-state index contributed by atoms with van der Waals surface area (Å²) in [6, 6.07) is 10.5. The standard InChI is InChI=1S/C21H25N5O/c1-4-25-16(3)19(13-23-25)21(27)24-11-10-18(14-24)26-15(2)12-22-20(26)17-8-6-5-7-9-17/h5-9,12-13,18H,4,10-11,14H2,1-3H3. The van der Waals surface area contributed by atoms with Gasteiger partial charge in [0.1, 0.15) is 5.82 Å². The molecule has 2 aromatic heterocycles. The Morgan fingerprint density at radius 2 is 1.96 bits per heavy atom. The average Bonchev–Trinajstić information content (AvgIpc) is 3.40. The Hall–Kier alpha value is -2.89. The molecular weight excluding hydrogens is 338 g/mol. The van der Waals surface area contributed by atoms with Crippen LogP contribution in [0.4, 0.5) is 0 Å². The number of rotatable bonds is 4. The van der Waals surface area contributed by atoms with Crippen LogP contribution in [0.3, 0.4) is 0 Å². The van der Waals surface area contributed by atoms with Gasteiger partial charge in [-0.1, -0.05) is 30.3 Å². The number of likely N-dealkylation sites (tertiary alicyclic amines) is 1. The van der Waals surface area contributed by atoms with E-state index in [1.165, 1.54) is 0 Å². The number of carbonyl (C=O) groups excluding carboxylic acids is 1. The number of aryl methyl sites for hydroxylation is 2. The Kier molecular flexibility index (Phi) is 4.56. The first-order chi connectivity index (χ1) is 13.1. The van der Waals surface area contributed by atoms with Crippen LogP contribution in [0.5, 0.6) is 0 Å². The van der Waals surface area contributed by atoms with E-state index in [9.17, 15) is 4.79 Å². The van der Waals surface area contributed by atoms with E-state index in [1.54, 1.807) is 6.20 Å². The lowest BCUT2D eigenvalue weighted by Crippen LogP contribution is -2.29. The predicted octanol–water partition coefficient (Wildman–Crippen LogP) is 3.47. The van der Waals surface area contributed by atoms with Crippen LogP contribution in [-0.2, 0) is 6.54 Å². The minimum Gasteiger partial charge on any atom is -0.336 e. The fourth-order valence-electron chi connectivity index (χ4n) is 3.99. The summed E-state index contributed by atoms with van der Waals surface area (Å²) in [5.41, 5.74) is 3.89. The Labute approximate surface area is 159 Å². The van der Waals surface area contributed by atoms with Gasteiger partial charge in [0.2, 0.25) is 0 Å². The van der Waals surface area contributed by atoms with Gasteiger partial charge in [0.05, 0.1) is 17.8 Å². The molecule has 1 aliphatic heterocycles. The highest BCUT2D eigenvalue weighted by Crippen LogP contribution is 2.30. The first kappa shape index (κ1) is 17.5. The molecule has 1 fully saturated rings. The van der Waals surface area contributed by atoms with Gasteiger partial charge in [-0.2, -0.15) is 5.10 Å². The summed E-state index contributed by atoms with van der Waals surface area (Å²) in [6.45, 7) is 8.31. The van der Waals surface area contributed by atoms with Gasteiger partial charge >= 0.3 is 0 Å². The molecule has 3 aromatic rings. The number of benzene rings is 1. The molecule has 0 radical (unpaired) electrons. The largest absolute Gasteiger partial charge is 0.336 e. The zero-order valence-corrected chi connectivity index (χ0v) is 16.1. The quantitative estimate of drug-likeness (QED) is 0.713. The molecule has 0 aliphatic carbocycles. The average molecular weight is 363 g/mol. The lowest BCUT2D eigenvalue weighted by Gasteiger charge is -2.19. The van der Waals surface area contributed by atoms with Crippen LogP contribution >= 0.6 is 0 Å². The van der Waals surface area contributed by atoms with Crippen molar-refractivity contribution in [2.24, 2.45) is 0 Å². The summed E-state index contributed by atoms with van der Waals surface area (Å²) < 4.78 is 4.15. The summed E-state index contributed by atoms with van der Waals surface area (Å²) in [4.78, 5) is 19.6. The van der Waals surface area contributed by atoms with Gasteiger partial charge in [0.25, 0.3) is 5.91 Å². The van der Waals surface area contributed by atoms with Gasteiger partial charge in [-0.25, -0.2) is 4.98 Å². The Morgan fingerprint density at radius 3 is 2.67 bits per heavy atom. The molecule has 1 atom stereocenters. The molecule has 1 aliphatic rings. The van der Waals surface area contributed by atoms with Crippen molar-refractivity contribution in [3.05, 3.63) is 59.7 Å². The van der Waals surface area contributed by atoms with Crippen LogP contribution < -0.4 is 0 Å². The van der Waals surface area contributed by atoms with Gasteiger partial charge in [-0.15, -0.1) is 0 Å². The number of hydrogen-bond donors (Lipinski definition) is 0. The van der Waals surface area contributed by atoms with Crippen molar-refractivity contribution in [3.8, 4) is 11.4 Å². The van der Waals surface area contributed by atoms with Crippen molar-refractivity contribution < 1.29 is 4.79 Å². The van der Waals surface area contributed by atoms with E-state index < -0.39 is 0 Å². The van der Waals surface area contributed by atoms with Crippen molar-refractivity contribution >= 4 is 5.91 Å². The van der Waals surface area contributed by atoms with Crippen LogP contribution in [0, 0.1) is 13.8 Å². The van der Waals surface area contributed by atoms with Crippen molar-refractivity contribution in [2.45, 2.75) is 39.8 Å². The number of nitrogens with zero attached hydrogens (tertiary/aromatic N) is 5. The first-order valence-electron chi connectivity index (χ1n) is 9.51. The third-order valence-electron chi connectivity index (χ3n) is 5.46. The van der Waals surface area contributed by atoms with Gasteiger partial charge in [0, 0.05) is 42.8 Å². The second-order valence-electron chi connectivity index (χ2n) is 7.11. The lowest BCUT2D eigenvalue weighted by molar-refractivity contribution is 0.0786. The SMILES string of the molecule is CCn1ncc(C(=O)N2CCC(n3c(C)cnc3-c3ccccc3)C2)c1C. The fraction of sp³-hybridized carbons (Fsp3) is 0.381. The number of imidazole rings is 1. The van der Waals surface area contributed by atoms with Crippen LogP contribution in [0.15, 0.2) is 42.7 Å². The molecule has 4 rings (SSSR count). The van der Waals surface area contributed by atoms with Crippen LogP contribution in [0.25, 0.3) is 11.4 Å². The topological polar surface area (TPSA) is 56.0 Å². The summed E-state index contributed by atoms with van der Waals surface area (Å²) in [6.07, 6.45) is 4.55. The van der Waals surface area contributed by atoms with Crippen LogP contribution in [0.1, 0.15) is 41.1 Å². The van der Waals surface area contributed by atoms with E-state index in [4.69, 9.17) is 0 Å². The maximum absolute atomic E-state index is 13.0.